The molecule has 4 rings (SSSR count). The molecular weight excluding hydrogens is 570 g/mol. The maximum absolute atomic E-state index is 13.7. The summed E-state index contributed by atoms with van der Waals surface area (Å²) in [6.07, 6.45) is -0.288. The Kier molecular flexibility index (Phi) is 10.1. The highest BCUT2D eigenvalue weighted by Crippen LogP contribution is 2.31. The average molecular weight is 604 g/mol. The number of carbonyl (C=O) groups is 2. The maximum atomic E-state index is 13.7. The topological polar surface area (TPSA) is 94.1 Å². The molecule has 0 radical (unpaired) electrons. The summed E-state index contributed by atoms with van der Waals surface area (Å²) in [5.74, 6) is -0.393. The van der Waals surface area contributed by atoms with Gasteiger partial charge in [-0.15, -0.1) is 0 Å². The number of amides is 3. The monoisotopic (exact) mass is 602 g/mol. The number of hydrogen-bond acceptors (Lipinski definition) is 5. The lowest BCUT2D eigenvalue weighted by molar-refractivity contribution is 0.0341. The Morgan fingerprint density at radius 1 is 1.10 bits per heavy atom. The van der Waals surface area contributed by atoms with Crippen LogP contribution in [-0.4, -0.2) is 65.7 Å². The fourth-order valence-electron chi connectivity index (χ4n) is 4.67. The van der Waals surface area contributed by atoms with E-state index in [0.29, 0.717) is 46.8 Å². The minimum Gasteiger partial charge on any atom is -0.488 e. The molecule has 0 bridgehead atoms. The summed E-state index contributed by atoms with van der Waals surface area (Å²) < 4.78 is 19.6. The number of anilines is 2. The summed E-state index contributed by atoms with van der Waals surface area (Å²) >= 11 is 12.3. The highest BCUT2D eigenvalue weighted by Gasteiger charge is 2.33. The fourth-order valence-corrected chi connectivity index (χ4v) is 4.99. The molecule has 0 unspecified atom stereocenters. The minimum atomic E-state index is -0.549. The Bertz CT molecular complexity index is 1390. The van der Waals surface area contributed by atoms with E-state index < -0.39 is 17.9 Å². The number of rotatable bonds is 8. The molecule has 41 heavy (non-hydrogen) atoms. The van der Waals surface area contributed by atoms with Crippen LogP contribution in [0, 0.1) is 11.7 Å². The third kappa shape index (κ3) is 7.89. The summed E-state index contributed by atoms with van der Waals surface area (Å²) in [5.41, 5.74) is 2.06. The molecule has 0 aromatic heterocycles. The van der Waals surface area contributed by atoms with Gasteiger partial charge >= 0.3 is 6.03 Å². The van der Waals surface area contributed by atoms with Gasteiger partial charge in [0.2, 0.25) is 0 Å². The number of aliphatic hydroxyl groups is 1. The Balaban J connectivity index is 1.55. The molecule has 0 saturated heterocycles. The van der Waals surface area contributed by atoms with E-state index in [9.17, 15) is 19.1 Å². The van der Waals surface area contributed by atoms with Crippen molar-refractivity contribution in [3.8, 4) is 5.75 Å². The fraction of sp³-hybridized carbons (Fsp3) is 0.333. The number of benzene rings is 3. The van der Waals surface area contributed by atoms with Crippen LogP contribution in [0.15, 0.2) is 60.7 Å². The number of nitrogens with one attached hydrogen (secondary N) is 2. The normalized spacial score (nSPS) is 17.8. The van der Waals surface area contributed by atoms with Gasteiger partial charge in [0, 0.05) is 36.9 Å². The second-order valence-corrected chi connectivity index (χ2v) is 11.2. The first-order valence-corrected chi connectivity index (χ1v) is 14.0. The summed E-state index contributed by atoms with van der Waals surface area (Å²) in [6.45, 7) is 5.14. The molecule has 3 N–H and O–H groups in total. The van der Waals surface area contributed by atoms with E-state index in [-0.39, 0.29) is 30.1 Å². The van der Waals surface area contributed by atoms with Crippen LogP contribution in [0.4, 0.5) is 20.6 Å². The smallest absolute Gasteiger partial charge is 0.323 e. The van der Waals surface area contributed by atoms with Gasteiger partial charge in [-0.05, 0) is 74.1 Å². The van der Waals surface area contributed by atoms with Crippen molar-refractivity contribution in [1.29, 1.82) is 0 Å². The van der Waals surface area contributed by atoms with Gasteiger partial charge in [-0.3, -0.25) is 9.69 Å². The zero-order valence-electron chi connectivity index (χ0n) is 23.0. The molecule has 0 fully saturated rings. The highest BCUT2D eigenvalue weighted by atomic mass is 35.5. The van der Waals surface area contributed by atoms with Crippen LogP contribution >= 0.6 is 23.2 Å². The van der Waals surface area contributed by atoms with E-state index in [4.69, 9.17) is 27.9 Å². The summed E-state index contributed by atoms with van der Waals surface area (Å²) in [5, 5.41) is 16.2. The number of halogens is 3. The number of ether oxygens (including phenoxy) is 1. The summed E-state index contributed by atoms with van der Waals surface area (Å²) in [7, 11) is 1.98. The third-order valence-electron chi connectivity index (χ3n) is 6.95. The van der Waals surface area contributed by atoms with Crippen molar-refractivity contribution in [3.05, 3.63) is 87.7 Å². The Morgan fingerprint density at radius 2 is 1.78 bits per heavy atom. The molecular formula is C30H33Cl2FN4O4. The predicted molar refractivity (Wildman–Crippen MR) is 159 cm³/mol. The minimum absolute atomic E-state index is 0.0587. The van der Waals surface area contributed by atoms with Crippen LogP contribution in [0.1, 0.15) is 29.8 Å². The second-order valence-electron chi connectivity index (χ2n) is 10.4. The van der Waals surface area contributed by atoms with E-state index in [0.717, 1.165) is 5.56 Å². The van der Waals surface area contributed by atoms with Crippen LogP contribution in [0.3, 0.4) is 0 Å². The lowest BCUT2D eigenvalue weighted by Crippen LogP contribution is -2.49. The van der Waals surface area contributed by atoms with Gasteiger partial charge in [-0.1, -0.05) is 36.2 Å². The van der Waals surface area contributed by atoms with Crippen molar-refractivity contribution in [2.24, 2.45) is 5.92 Å². The van der Waals surface area contributed by atoms with Gasteiger partial charge in [-0.2, -0.15) is 0 Å². The SMILES string of the molecule is C[C@@H]1CN([C@@H](C)CO)C(=O)c2cc(NC(=O)Nc3ccc(F)cc3)ccc2O[C@@H]1CN(C)Cc1ccc(Cl)c(Cl)c1. The molecule has 0 aliphatic carbocycles. The summed E-state index contributed by atoms with van der Waals surface area (Å²) in [6, 6.07) is 14.8. The van der Waals surface area contributed by atoms with Crippen LogP contribution in [0.5, 0.6) is 5.75 Å². The molecule has 11 heteroatoms. The first-order valence-electron chi connectivity index (χ1n) is 13.2. The van der Waals surface area contributed by atoms with Crippen molar-refractivity contribution >= 4 is 46.5 Å². The zero-order valence-corrected chi connectivity index (χ0v) is 24.5. The van der Waals surface area contributed by atoms with Crippen molar-refractivity contribution in [1.82, 2.24) is 9.80 Å². The zero-order chi connectivity index (χ0) is 29.7. The largest absolute Gasteiger partial charge is 0.488 e. The number of aliphatic hydroxyl groups excluding tert-OH is 1. The lowest BCUT2D eigenvalue weighted by Gasteiger charge is -2.38. The van der Waals surface area contributed by atoms with E-state index >= 15 is 0 Å². The van der Waals surface area contributed by atoms with E-state index in [1.54, 1.807) is 36.1 Å². The Labute approximate surface area is 249 Å². The summed E-state index contributed by atoms with van der Waals surface area (Å²) in [4.78, 5) is 30.0. The maximum Gasteiger partial charge on any atom is 0.323 e. The van der Waals surface area contributed by atoms with Gasteiger partial charge < -0.3 is 25.4 Å². The number of carbonyl (C=O) groups excluding carboxylic acids is 2. The molecule has 3 aromatic carbocycles. The molecule has 218 valence electrons. The molecule has 1 aliphatic rings. The van der Waals surface area contributed by atoms with Gasteiger partial charge in [0.25, 0.3) is 5.91 Å². The average Bonchev–Trinajstić information content (AvgIpc) is 2.93. The van der Waals surface area contributed by atoms with E-state index in [1.807, 2.05) is 26.1 Å². The van der Waals surface area contributed by atoms with Crippen molar-refractivity contribution in [2.45, 2.75) is 32.5 Å². The van der Waals surface area contributed by atoms with Gasteiger partial charge in [-0.25, -0.2) is 9.18 Å². The number of nitrogens with zero attached hydrogens (tertiary/aromatic N) is 2. The van der Waals surface area contributed by atoms with Crippen LogP contribution in [-0.2, 0) is 6.54 Å². The molecule has 1 aliphatic heterocycles. The lowest BCUT2D eigenvalue weighted by atomic mass is 9.99. The number of hydrogen-bond donors (Lipinski definition) is 3. The van der Waals surface area contributed by atoms with E-state index in [1.165, 1.54) is 24.3 Å². The molecule has 8 nitrogen and oxygen atoms in total. The van der Waals surface area contributed by atoms with Crippen molar-refractivity contribution < 1.29 is 23.8 Å². The van der Waals surface area contributed by atoms with Gasteiger partial charge in [0.05, 0.1) is 28.3 Å². The first-order chi connectivity index (χ1) is 19.5. The van der Waals surface area contributed by atoms with E-state index in [2.05, 4.69) is 15.5 Å². The number of likely N-dealkylation sites (N-methyl/N-ethyl adjacent to an activating group) is 1. The number of fused-ring (bicyclic) bond motifs is 1. The quantitative estimate of drug-likeness (QED) is 0.288. The molecule has 3 amide bonds. The highest BCUT2D eigenvalue weighted by molar-refractivity contribution is 6.42. The molecule has 0 saturated carbocycles. The van der Waals surface area contributed by atoms with Crippen LogP contribution in [0.2, 0.25) is 10.0 Å². The van der Waals surface area contributed by atoms with Gasteiger partial charge in [0.1, 0.15) is 17.7 Å². The van der Waals surface area contributed by atoms with Crippen molar-refractivity contribution in [3.63, 3.8) is 0 Å². The molecule has 1 heterocycles. The molecule has 3 aromatic rings. The molecule has 3 atom stereocenters. The standard InChI is InChI=1S/C30H33Cl2FN4O4/c1-18-14-37(19(2)17-38)29(39)24-13-23(35-30(40)34-22-7-5-21(33)6-8-22)9-11-27(24)41-28(18)16-36(3)15-20-4-10-25(31)26(32)12-20/h4-13,18-19,28,38H,14-17H2,1-3H3,(H2,34,35,40)/t18-,19+,28-/m1/s1. The second kappa shape index (κ2) is 13.5. The van der Waals surface area contributed by atoms with Crippen molar-refractivity contribution in [2.75, 3.05) is 37.4 Å². The number of urea groups is 1. The van der Waals surface area contributed by atoms with Crippen LogP contribution < -0.4 is 15.4 Å². The van der Waals surface area contributed by atoms with Gasteiger partial charge in [0.15, 0.2) is 0 Å². The first kappa shape index (κ1) is 30.6. The Morgan fingerprint density at radius 3 is 2.46 bits per heavy atom. The Hall–Kier alpha value is -3.37. The predicted octanol–water partition coefficient (Wildman–Crippen LogP) is 6.13. The van der Waals surface area contributed by atoms with Crippen LogP contribution in [0.25, 0.3) is 0 Å². The third-order valence-corrected chi connectivity index (χ3v) is 7.69. The molecule has 0 spiro atoms.